The zero-order valence-electron chi connectivity index (χ0n) is 35.5. The van der Waals surface area contributed by atoms with Crippen LogP contribution in [0.1, 0.15) is 126 Å². The maximum absolute atomic E-state index is 13.1. The quantitative estimate of drug-likeness (QED) is 0.0757. The summed E-state index contributed by atoms with van der Waals surface area (Å²) >= 11 is 0. The number of nitrogens with two attached hydrogens (primary N) is 1. The molecule has 0 radical (unpaired) electrons. The molecule has 0 aromatic rings. The van der Waals surface area contributed by atoms with Crippen LogP contribution >= 0.6 is 0 Å². The molecular weight excluding hydrogens is 714 g/mol. The van der Waals surface area contributed by atoms with Crippen LogP contribution in [0.5, 0.6) is 0 Å². The number of esters is 4. The topological polar surface area (TPSA) is 169 Å². The van der Waals surface area contributed by atoms with Gasteiger partial charge < -0.3 is 34.6 Å². The van der Waals surface area contributed by atoms with Crippen LogP contribution in [0, 0.1) is 88.8 Å². The van der Waals surface area contributed by atoms with Crippen LogP contribution in [0.4, 0.5) is 0 Å². The number of rotatable bonds is 20. The summed E-state index contributed by atoms with van der Waals surface area (Å²) in [7, 11) is 0. The molecule has 4 aliphatic carbocycles. The Kier molecular flexibility index (Phi) is 18.1. The number of carbonyl (C=O) groups excluding carboxylic acids is 5. The van der Waals surface area contributed by atoms with Crippen molar-refractivity contribution in [2.24, 2.45) is 94.5 Å². The molecule has 0 heterocycles. The van der Waals surface area contributed by atoms with Crippen molar-refractivity contribution in [1.29, 1.82) is 0 Å². The van der Waals surface area contributed by atoms with Gasteiger partial charge in [0.2, 0.25) is 0 Å². The minimum Gasteiger partial charge on any atom is -0.465 e. The molecule has 0 saturated heterocycles. The standard InChI is InChI=1S/C45H75NO10/c1-26(2)14-40(49)53-22-33-18-31(20-47)44(38(33)24-55-41(50)15-27(3)4)36-12-13-37(29(36)7)45-32(21-48)19-34(39(45)25-56-42(51)16-28(5)6)23-54-43(52)17-30-8-10-35(46)11-9-30/h21,26-39,44-45,47H,8-20,22-25,46H2,1-7H3/t29?,30?,31-,32+,33+,34-,35?,36?,37?,38-,39+,44?,45?/m0/s1. The predicted octanol–water partition coefficient (Wildman–Crippen LogP) is 6.80. The van der Waals surface area contributed by atoms with Crippen molar-refractivity contribution in [3.8, 4) is 0 Å². The molecule has 4 saturated carbocycles. The molecule has 11 nitrogen and oxygen atoms in total. The SMILES string of the molecule is CC(C)CC(=O)OC[C@H]1C[C@@H](CO)C(C2CCC(C3[C@@H](C=O)C[C@@H](COC(=O)CC4CCC(N)CC4)[C@H]3COC(=O)CC(C)C)C2C)[C@H]1COC(=O)CC(C)C. The Bertz CT molecular complexity index is 1280. The van der Waals surface area contributed by atoms with Gasteiger partial charge in [0, 0.05) is 62.0 Å². The lowest BCUT2D eigenvalue weighted by atomic mass is 9.68. The van der Waals surface area contributed by atoms with Gasteiger partial charge in [-0.2, -0.15) is 0 Å². The summed E-state index contributed by atoms with van der Waals surface area (Å²) in [4.78, 5) is 64.3. The fraction of sp³-hybridized carbons (Fsp3) is 0.889. The van der Waals surface area contributed by atoms with Crippen LogP contribution in [0.3, 0.4) is 0 Å². The van der Waals surface area contributed by atoms with E-state index >= 15 is 0 Å². The van der Waals surface area contributed by atoms with Crippen molar-refractivity contribution < 1.29 is 48.0 Å². The van der Waals surface area contributed by atoms with E-state index in [1.54, 1.807) is 0 Å². The third-order valence-electron chi connectivity index (χ3n) is 13.9. The maximum atomic E-state index is 13.1. The second-order valence-electron chi connectivity index (χ2n) is 19.5. The van der Waals surface area contributed by atoms with Gasteiger partial charge in [0.25, 0.3) is 0 Å². The molecule has 0 amide bonds. The first-order chi connectivity index (χ1) is 26.6. The van der Waals surface area contributed by atoms with Crippen LogP contribution in [-0.4, -0.2) is 74.3 Å². The molecule has 4 rings (SSSR count). The Morgan fingerprint density at radius 1 is 0.625 bits per heavy atom. The zero-order valence-corrected chi connectivity index (χ0v) is 35.5. The molecule has 4 aliphatic rings. The van der Waals surface area contributed by atoms with Gasteiger partial charge in [-0.1, -0.05) is 48.5 Å². The number of aldehydes is 1. The first-order valence-electron chi connectivity index (χ1n) is 22.1. The minimum absolute atomic E-state index is 0.0125. The van der Waals surface area contributed by atoms with E-state index in [1.165, 1.54) is 0 Å². The maximum Gasteiger partial charge on any atom is 0.306 e. The van der Waals surface area contributed by atoms with Crippen LogP contribution in [0.25, 0.3) is 0 Å². The van der Waals surface area contributed by atoms with Gasteiger partial charge in [-0.3, -0.25) is 19.2 Å². The van der Waals surface area contributed by atoms with E-state index in [-0.39, 0.29) is 152 Å². The highest BCUT2D eigenvalue weighted by Gasteiger charge is 2.55. The van der Waals surface area contributed by atoms with Crippen molar-refractivity contribution in [1.82, 2.24) is 0 Å². The van der Waals surface area contributed by atoms with Crippen LogP contribution in [-0.2, 0) is 42.9 Å². The highest BCUT2D eigenvalue weighted by atomic mass is 16.5. The van der Waals surface area contributed by atoms with E-state index in [0.717, 1.165) is 44.8 Å². The van der Waals surface area contributed by atoms with Crippen molar-refractivity contribution in [2.45, 2.75) is 132 Å². The van der Waals surface area contributed by atoms with Crippen molar-refractivity contribution in [3.05, 3.63) is 0 Å². The average Bonchev–Trinajstić information content (AvgIpc) is 3.79. The van der Waals surface area contributed by atoms with Crippen molar-refractivity contribution in [2.75, 3.05) is 33.0 Å². The van der Waals surface area contributed by atoms with E-state index in [4.69, 9.17) is 24.7 Å². The van der Waals surface area contributed by atoms with Gasteiger partial charge in [-0.25, -0.2) is 0 Å². The van der Waals surface area contributed by atoms with Crippen molar-refractivity contribution >= 4 is 30.2 Å². The van der Waals surface area contributed by atoms with E-state index < -0.39 is 0 Å². The van der Waals surface area contributed by atoms with Crippen molar-refractivity contribution in [3.63, 3.8) is 0 Å². The Morgan fingerprint density at radius 3 is 1.55 bits per heavy atom. The molecule has 320 valence electrons. The predicted molar refractivity (Wildman–Crippen MR) is 212 cm³/mol. The molecule has 0 bridgehead atoms. The summed E-state index contributed by atoms with van der Waals surface area (Å²) in [5.74, 6) is -0.486. The number of aliphatic hydroxyl groups is 1. The fourth-order valence-corrected chi connectivity index (χ4v) is 11.2. The zero-order chi connectivity index (χ0) is 41.1. The van der Waals surface area contributed by atoms with Crippen LogP contribution in [0.15, 0.2) is 0 Å². The summed E-state index contributed by atoms with van der Waals surface area (Å²) in [6.45, 7) is 14.9. The largest absolute Gasteiger partial charge is 0.465 e. The minimum atomic E-state index is -0.267. The molecule has 5 unspecified atom stereocenters. The van der Waals surface area contributed by atoms with Gasteiger partial charge >= 0.3 is 23.9 Å². The molecule has 4 fully saturated rings. The van der Waals surface area contributed by atoms with Gasteiger partial charge in [0.15, 0.2) is 0 Å². The third kappa shape index (κ3) is 13.0. The summed E-state index contributed by atoms with van der Waals surface area (Å²) in [5.41, 5.74) is 6.08. The van der Waals surface area contributed by atoms with Crippen LogP contribution < -0.4 is 5.73 Å². The normalized spacial score (nSPS) is 34.5. The Balaban J connectivity index is 1.54. The number of hydrogen-bond donors (Lipinski definition) is 2. The molecule has 3 N–H and O–H groups in total. The fourth-order valence-electron chi connectivity index (χ4n) is 11.2. The lowest BCUT2D eigenvalue weighted by Gasteiger charge is -2.37. The molecule has 0 spiro atoms. The number of aliphatic hydroxyl groups excluding tert-OH is 1. The summed E-state index contributed by atoms with van der Waals surface area (Å²) in [6, 6.07) is 0.205. The van der Waals surface area contributed by atoms with E-state index in [1.807, 2.05) is 41.5 Å². The molecule has 11 heteroatoms. The highest BCUT2D eigenvalue weighted by molar-refractivity contribution is 5.70. The molecule has 0 aromatic heterocycles. The Hall–Kier alpha value is -2.53. The summed E-state index contributed by atoms with van der Waals surface area (Å²) in [5, 5.41) is 10.8. The van der Waals surface area contributed by atoms with Crippen LogP contribution in [0.2, 0.25) is 0 Å². The number of carbonyl (C=O) groups is 5. The Morgan fingerprint density at radius 2 is 1.07 bits per heavy atom. The summed E-state index contributed by atoms with van der Waals surface area (Å²) < 4.78 is 23.6. The lowest BCUT2D eigenvalue weighted by Crippen LogP contribution is -2.37. The Labute approximate surface area is 336 Å². The molecule has 11 atom stereocenters. The second-order valence-corrected chi connectivity index (χ2v) is 19.5. The van der Waals surface area contributed by atoms with Gasteiger partial charge in [-0.15, -0.1) is 0 Å². The van der Waals surface area contributed by atoms with Gasteiger partial charge in [-0.05, 0) is 116 Å². The van der Waals surface area contributed by atoms with E-state index in [9.17, 15) is 29.1 Å². The number of hydrogen-bond acceptors (Lipinski definition) is 11. The first kappa shape index (κ1) is 46.2. The number of ether oxygens (including phenoxy) is 4. The van der Waals surface area contributed by atoms with E-state index in [0.29, 0.717) is 38.5 Å². The smallest absolute Gasteiger partial charge is 0.306 e. The van der Waals surface area contributed by atoms with E-state index in [2.05, 4.69) is 6.92 Å². The average molecular weight is 790 g/mol. The van der Waals surface area contributed by atoms with Gasteiger partial charge in [0.05, 0.1) is 26.4 Å². The molecular formula is C45H75NO10. The molecule has 0 aliphatic heterocycles. The molecule has 0 aromatic carbocycles. The monoisotopic (exact) mass is 790 g/mol. The summed E-state index contributed by atoms with van der Waals surface area (Å²) in [6.07, 6.45) is 9.08. The third-order valence-corrected chi connectivity index (χ3v) is 13.9. The van der Waals surface area contributed by atoms with Gasteiger partial charge in [0.1, 0.15) is 6.29 Å². The lowest BCUT2D eigenvalue weighted by molar-refractivity contribution is -0.151. The first-order valence-corrected chi connectivity index (χ1v) is 22.1. The highest BCUT2D eigenvalue weighted by Crippen LogP contribution is 2.58. The second kappa shape index (κ2) is 22.0. The molecule has 56 heavy (non-hydrogen) atoms.